The van der Waals surface area contributed by atoms with Gasteiger partial charge in [-0.3, -0.25) is 4.79 Å². The van der Waals surface area contributed by atoms with Crippen molar-refractivity contribution in [3.8, 4) is 5.75 Å². The first-order chi connectivity index (χ1) is 19.2. The van der Waals surface area contributed by atoms with Gasteiger partial charge in [-0.15, -0.1) is 0 Å². The molecule has 6 nitrogen and oxygen atoms in total. The number of hydrogen-bond acceptors (Lipinski definition) is 4. The lowest BCUT2D eigenvalue weighted by Gasteiger charge is -2.23. The number of rotatable bonds is 8. The molecule has 0 bridgehead atoms. The molecule has 4 rings (SSSR count). The van der Waals surface area contributed by atoms with Crippen molar-refractivity contribution in [3.63, 3.8) is 0 Å². The third-order valence-corrected chi connectivity index (χ3v) is 7.82. The molecule has 41 heavy (non-hydrogen) atoms. The minimum atomic E-state index is -1.09. The highest BCUT2D eigenvalue weighted by atomic mass is 16.6. The van der Waals surface area contributed by atoms with Crippen molar-refractivity contribution in [2.75, 3.05) is 7.11 Å². The summed E-state index contributed by atoms with van der Waals surface area (Å²) < 4.78 is 13.0. The predicted molar refractivity (Wildman–Crippen MR) is 165 cm³/mol. The molecule has 4 aromatic rings. The van der Waals surface area contributed by atoms with Gasteiger partial charge in [0, 0.05) is 29.2 Å². The quantitative estimate of drug-likeness (QED) is 0.234. The molecule has 216 valence electrons. The number of aromatic nitrogens is 1. The van der Waals surface area contributed by atoms with Crippen LogP contribution in [-0.4, -0.2) is 29.2 Å². The van der Waals surface area contributed by atoms with Gasteiger partial charge in [-0.05, 0) is 86.1 Å². The Morgan fingerprint density at radius 2 is 1.66 bits per heavy atom. The lowest BCUT2D eigenvalue weighted by atomic mass is 9.85. The summed E-state index contributed by atoms with van der Waals surface area (Å²) in [4.78, 5) is 25.4. The Hall–Kier alpha value is -4.06. The third-order valence-electron chi connectivity index (χ3n) is 7.82. The molecular weight excluding hydrogens is 512 g/mol. The maximum atomic E-state index is 13.3. The van der Waals surface area contributed by atoms with Crippen LogP contribution in [0.4, 0.5) is 0 Å². The molecule has 0 unspecified atom stereocenters. The second-order valence-corrected chi connectivity index (χ2v) is 12.4. The van der Waals surface area contributed by atoms with Gasteiger partial charge in [0.15, 0.2) is 5.60 Å². The summed E-state index contributed by atoms with van der Waals surface area (Å²) in [6.45, 7) is 14.1. The summed E-state index contributed by atoms with van der Waals surface area (Å²) >= 11 is 0. The van der Waals surface area contributed by atoms with Crippen LogP contribution in [0.2, 0.25) is 0 Å². The fourth-order valence-electron chi connectivity index (χ4n) is 5.15. The normalized spacial score (nSPS) is 12.7. The van der Waals surface area contributed by atoms with Gasteiger partial charge < -0.3 is 19.4 Å². The maximum absolute atomic E-state index is 13.3. The fraction of sp³-hybridized carbons (Fsp3) is 0.371. The predicted octanol–water partition coefficient (Wildman–Crippen LogP) is 7.20. The van der Waals surface area contributed by atoms with Crippen LogP contribution in [0.25, 0.3) is 10.9 Å². The molecule has 0 radical (unpaired) electrons. The second kappa shape index (κ2) is 11.4. The van der Waals surface area contributed by atoms with Crippen LogP contribution < -0.4 is 10.1 Å². The Morgan fingerprint density at radius 1 is 0.951 bits per heavy atom. The first kappa shape index (κ1) is 29.9. The van der Waals surface area contributed by atoms with Crippen molar-refractivity contribution in [2.24, 2.45) is 7.05 Å². The first-order valence-electron chi connectivity index (χ1n) is 14.1. The van der Waals surface area contributed by atoms with E-state index in [0.29, 0.717) is 17.7 Å². The second-order valence-electron chi connectivity index (χ2n) is 12.4. The molecule has 0 saturated heterocycles. The van der Waals surface area contributed by atoms with Gasteiger partial charge in [0.05, 0.1) is 13.2 Å². The molecular formula is C35H42N2O4. The van der Waals surface area contributed by atoms with Crippen LogP contribution in [0.1, 0.15) is 85.9 Å². The first-order valence-corrected chi connectivity index (χ1v) is 14.1. The Morgan fingerprint density at radius 3 is 2.34 bits per heavy atom. The third kappa shape index (κ3) is 6.48. The molecule has 1 atom stereocenters. The van der Waals surface area contributed by atoms with Crippen LogP contribution in [0.15, 0.2) is 66.7 Å². The van der Waals surface area contributed by atoms with E-state index in [1.807, 2.05) is 56.4 Å². The van der Waals surface area contributed by atoms with Gasteiger partial charge in [-0.25, -0.2) is 4.79 Å². The number of hydrogen-bond donors (Lipinski definition) is 1. The van der Waals surface area contributed by atoms with Gasteiger partial charge >= 0.3 is 5.97 Å². The number of methoxy groups -OCH3 is 1. The van der Waals surface area contributed by atoms with Crippen molar-refractivity contribution in [3.05, 3.63) is 100 Å². The number of aryl methyl sites for hydroxylation is 1. The SMILES string of the molecule is COC(=O)C(C)(C)Oc1cccc(Cc2c(C)n(C)c3cc(C(=O)N[C@H](C)c4cccc(C(C)(C)C)c4)ccc23)c1. The lowest BCUT2D eigenvalue weighted by molar-refractivity contribution is -0.156. The number of fused-ring (bicyclic) bond motifs is 1. The van der Waals surface area contributed by atoms with E-state index in [4.69, 9.17) is 9.47 Å². The smallest absolute Gasteiger partial charge is 0.349 e. The average molecular weight is 555 g/mol. The number of amides is 1. The maximum Gasteiger partial charge on any atom is 0.349 e. The summed E-state index contributed by atoms with van der Waals surface area (Å²) in [5.74, 6) is 0.0800. The van der Waals surface area contributed by atoms with E-state index in [2.05, 4.69) is 61.8 Å². The summed E-state index contributed by atoms with van der Waals surface area (Å²) in [5, 5.41) is 4.28. The van der Waals surface area contributed by atoms with Crippen LogP contribution in [0.5, 0.6) is 5.75 Å². The number of esters is 1. The summed E-state index contributed by atoms with van der Waals surface area (Å²) in [6, 6.07) is 22.0. The monoisotopic (exact) mass is 554 g/mol. The minimum absolute atomic E-state index is 0.0425. The molecule has 1 N–H and O–H groups in total. The van der Waals surface area contributed by atoms with Crippen LogP contribution >= 0.6 is 0 Å². The molecule has 0 saturated carbocycles. The highest BCUT2D eigenvalue weighted by Crippen LogP contribution is 2.30. The Labute approximate surface area is 243 Å². The molecule has 6 heteroatoms. The van der Waals surface area contributed by atoms with E-state index in [1.54, 1.807) is 13.8 Å². The van der Waals surface area contributed by atoms with E-state index in [-0.39, 0.29) is 17.4 Å². The van der Waals surface area contributed by atoms with Gasteiger partial charge in [0.25, 0.3) is 5.91 Å². The zero-order valence-electron chi connectivity index (χ0n) is 25.7. The molecule has 0 aliphatic heterocycles. The topological polar surface area (TPSA) is 69.6 Å². The molecule has 0 aliphatic carbocycles. The molecule has 3 aromatic carbocycles. The molecule has 0 spiro atoms. The van der Waals surface area contributed by atoms with Gasteiger partial charge in [-0.1, -0.05) is 63.2 Å². The van der Waals surface area contributed by atoms with Gasteiger partial charge in [-0.2, -0.15) is 0 Å². The summed E-state index contributed by atoms with van der Waals surface area (Å²) in [7, 11) is 3.39. The zero-order valence-corrected chi connectivity index (χ0v) is 25.7. The highest BCUT2D eigenvalue weighted by Gasteiger charge is 2.31. The number of nitrogens with zero attached hydrogens (tertiary/aromatic N) is 1. The van der Waals surface area contributed by atoms with Crippen molar-refractivity contribution in [1.82, 2.24) is 9.88 Å². The number of ether oxygens (including phenoxy) is 2. The van der Waals surface area contributed by atoms with Crippen molar-refractivity contribution in [1.29, 1.82) is 0 Å². The van der Waals surface area contributed by atoms with Crippen LogP contribution in [-0.2, 0) is 28.4 Å². The fourth-order valence-corrected chi connectivity index (χ4v) is 5.15. The lowest BCUT2D eigenvalue weighted by Crippen LogP contribution is -2.39. The molecule has 0 aliphatic rings. The number of carbonyl (C=O) groups excluding carboxylic acids is 2. The van der Waals surface area contributed by atoms with E-state index < -0.39 is 11.6 Å². The Bertz CT molecular complexity index is 1590. The van der Waals surface area contributed by atoms with E-state index in [9.17, 15) is 9.59 Å². The largest absolute Gasteiger partial charge is 0.476 e. The summed E-state index contributed by atoms with van der Waals surface area (Å²) in [5.41, 5.74) is 6.30. The minimum Gasteiger partial charge on any atom is -0.476 e. The van der Waals surface area contributed by atoms with E-state index in [0.717, 1.165) is 27.7 Å². The number of nitrogens with one attached hydrogen (secondary N) is 1. The standard InChI is InChI=1S/C35H42N2O4/c1-22(25-13-11-14-27(20-25)34(3,4)5)36-32(38)26-16-17-29-30(23(2)37(8)31(29)21-26)19-24-12-10-15-28(18-24)41-35(6,7)33(39)40-9/h10-18,20-22H,19H2,1-9H3,(H,36,38)/t22-/m1/s1. The van der Waals surface area contributed by atoms with Crippen molar-refractivity contribution < 1.29 is 19.1 Å². The Kier molecular flexibility index (Phi) is 8.34. The van der Waals surface area contributed by atoms with E-state index in [1.165, 1.54) is 18.2 Å². The highest BCUT2D eigenvalue weighted by molar-refractivity contribution is 5.99. The average Bonchev–Trinajstić information content (AvgIpc) is 3.16. The Balaban J connectivity index is 1.56. The number of carbonyl (C=O) groups is 2. The molecule has 1 aromatic heterocycles. The van der Waals surface area contributed by atoms with Crippen molar-refractivity contribution >= 4 is 22.8 Å². The van der Waals surface area contributed by atoms with Crippen LogP contribution in [0.3, 0.4) is 0 Å². The van der Waals surface area contributed by atoms with E-state index >= 15 is 0 Å². The van der Waals surface area contributed by atoms with Gasteiger partial charge in [0.2, 0.25) is 0 Å². The van der Waals surface area contributed by atoms with Crippen molar-refractivity contribution in [2.45, 2.75) is 71.9 Å². The number of benzene rings is 3. The molecule has 1 amide bonds. The van der Waals surface area contributed by atoms with Crippen LogP contribution in [0, 0.1) is 6.92 Å². The van der Waals surface area contributed by atoms with Gasteiger partial charge in [0.1, 0.15) is 5.75 Å². The zero-order chi connectivity index (χ0) is 30.1. The molecule has 0 fully saturated rings. The molecule has 1 heterocycles. The summed E-state index contributed by atoms with van der Waals surface area (Å²) in [6.07, 6.45) is 0.686.